The summed E-state index contributed by atoms with van der Waals surface area (Å²) in [5.74, 6) is 1.32. The molecule has 0 bridgehead atoms. The van der Waals surface area contributed by atoms with Gasteiger partial charge in [0.1, 0.15) is 0 Å². The Balaban J connectivity index is 1.44. The topological polar surface area (TPSA) is 94.8 Å². The maximum Gasteiger partial charge on any atom is 0.233 e. The lowest BCUT2D eigenvalue weighted by molar-refractivity contribution is -0.139. The van der Waals surface area contributed by atoms with Gasteiger partial charge in [-0.1, -0.05) is 17.3 Å². The van der Waals surface area contributed by atoms with Gasteiger partial charge in [0, 0.05) is 18.5 Å². The Morgan fingerprint density at radius 3 is 2.39 bits per heavy atom. The van der Waals surface area contributed by atoms with Gasteiger partial charge in [0.2, 0.25) is 23.5 Å². The van der Waals surface area contributed by atoms with Crippen molar-refractivity contribution in [1.29, 1.82) is 0 Å². The molecule has 0 N–H and O–H groups in total. The van der Waals surface area contributed by atoms with Gasteiger partial charge >= 0.3 is 0 Å². The highest BCUT2D eigenvalue weighted by atomic mass is 16.5. The first-order chi connectivity index (χ1) is 13.6. The zero-order chi connectivity index (χ0) is 19.7. The molecule has 0 unspecified atom stereocenters. The van der Waals surface area contributed by atoms with E-state index in [2.05, 4.69) is 10.1 Å². The van der Waals surface area contributed by atoms with E-state index in [4.69, 9.17) is 14.0 Å². The van der Waals surface area contributed by atoms with Gasteiger partial charge in [-0.25, -0.2) is 0 Å². The van der Waals surface area contributed by atoms with Gasteiger partial charge in [-0.3, -0.25) is 14.5 Å². The lowest BCUT2D eigenvalue weighted by atomic mass is 9.85. The van der Waals surface area contributed by atoms with Gasteiger partial charge in [-0.05, 0) is 31.0 Å². The highest BCUT2D eigenvalue weighted by Crippen LogP contribution is 2.35. The van der Waals surface area contributed by atoms with Crippen LogP contribution in [0.25, 0.3) is 11.4 Å². The molecule has 0 radical (unpaired) electrons. The fraction of sp³-hybridized carbons (Fsp3) is 0.400. The number of imide groups is 1. The second-order valence-corrected chi connectivity index (χ2v) is 6.82. The summed E-state index contributed by atoms with van der Waals surface area (Å²) in [4.78, 5) is 30.7. The molecule has 2 aromatic rings. The molecule has 2 heterocycles. The van der Waals surface area contributed by atoms with E-state index in [9.17, 15) is 9.59 Å². The van der Waals surface area contributed by atoms with E-state index in [0.717, 1.165) is 5.56 Å². The molecule has 28 heavy (non-hydrogen) atoms. The van der Waals surface area contributed by atoms with E-state index in [1.165, 1.54) is 4.90 Å². The number of carbonyl (C=O) groups excluding carboxylic acids is 2. The Bertz CT molecular complexity index is 910. The Morgan fingerprint density at radius 1 is 1.07 bits per heavy atom. The Labute approximate surface area is 162 Å². The Morgan fingerprint density at radius 2 is 1.75 bits per heavy atom. The molecule has 0 spiro atoms. The fourth-order valence-electron chi connectivity index (χ4n) is 3.75. The van der Waals surface area contributed by atoms with E-state index < -0.39 is 0 Å². The highest BCUT2D eigenvalue weighted by molar-refractivity contribution is 6.05. The van der Waals surface area contributed by atoms with E-state index in [1.54, 1.807) is 32.4 Å². The predicted molar refractivity (Wildman–Crippen MR) is 98.6 cm³/mol. The second kappa shape index (κ2) is 7.46. The minimum Gasteiger partial charge on any atom is -0.493 e. The van der Waals surface area contributed by atoms with Crippen LogP contribution in [0.3, 0.4) is 0 Å². The average Bonchev–Trinajstić information content (AvgIpc) is 3.30. The number of likely N-dealkylation sites (tertiary alicyclic amines) is 1. The Kier molecular flexibility index (Phi) is 4.85. The summed E-state index contributed by atoms with van der Waals surface area (Å²) < 4.78 is 15.8. The number of amides is 2. The monoisotopic (exact) mass is 383 g/mol. The molecular formula is C20H21N3O5. The Hall–Kier alpha value is -3.16. The molecule has 8 nitrogen and oxygen atoms in total. The van der Waals surface area contributed by atoms with Gasteiger partial charge in [-0.2, -0.15) is 4.98 Å². The molecule has 0 saturated carbocycles. The van der Waals surface area contributed by atoms with Crippen LogP contribution in [0.4, 0.5) is 0 Å². The molecule has 2 atom stereocenters. The quantitative estimate of drug-likeness (QED) is 0.558. The maximum absolute atomic E-state index is 12.5. The predicted octanol–water partition coefficient (Wildman–Crippen LogP) is 2.25. The van der Waals surface area contributed by atoms with Crippen LogP contribution in [0.2, 0.25) is 0 Å². The van der Waals surface area contributed by atoms with Crippen LogP contribution in [-0.4, -0.2) is 47.6 Å². The third kappa shape index (κ3) is 3.15. The van der Waals surface area contributed by atoms with Crippen molar-refractivity contribution >= 4 is 11.8 Å². The van der Waals surface area contributed by atoms with E-state index >= 15 is 0 Å². The maximum atomic E-state index is 12.5. The van der Waals surface area contributed by atoms with E-state index in [0.29, 0.717) is 42.5 Å². The zero-order valence-corrected chi connectivity index (χ0v) is 15.8. The van der Waals surface area contributed by atoms with Crippen molar-refractivity contribution in [3.63, 3.8) is 0 Å². The van der Waals surface area contributed by atoms with Crippen molar-refractivity contribution < 1.29 is 23.6 Å². The molecule has 1 aromatic heterocycles. The molecule has 1 aliphatic heterocycles. The summed E-state index contributed by atoms with van der Waals surface area (Å²) in [5.41, 5.74) is 0.720. The molecule has 1 aromatic carbocycles. The zero-order valence-electron chi connectivity index (χ0n) is 15.8. The summed E-state index contributed by atoms with van der Waals surface area (Å²) in [6.45, 7) is 0.248. The first-order valence-corrected chi connectivity index (χ1v) is 9.17. The lowest BCUT2D eigenvalue weighted by Gasteiger charge is -2.14. The van der Waals surface area contributed by atoms with Crippen molar-refractivity contribution in [2.45, 2.75) is 19.3 Å². The summed E-state index contributed by atoms with van der Waals surface area (Å²) in [5, 5.41) is 3.99. The molecule has 4 rings (SSSR count). The van der Waals surface area contributed by atoms with Crippen LogP contribution in [0.5, 0.6) is 11.5 Å². The van der Waals surface area contributed by atoms with Gasteiger partial charge in [0.05, 0.1) is 26.1 Å². The first-order valence-electron chi connectivity index (χ1n) is 9.17. The number of methoxy groups -OCH3 is 2. The highest BCUT2D eigenvalue weighted by Gasteiger charge is 2.46. The summed E-state index contributed by atoms with van der Waals surface area (Å²) in [6, 6.07) is 5.33. The van der Waals surface area contributed by atoms with Crippen molar-refractivity contribution in [2.75, 3.05) is 20.8 Å². The number of hydrogen-bond donors (Lipinski definition) is 0. The van der Waals surface area contributed by atoms with E-state index in [1.807, 2.05) is 12.2 Å². The van der Waals surface area contributed by atoms with Crippen LogP contribution in [0, 0.1) is 11.8 Å². The number of fused-ring (bicyclic) bond motifs is 1. The smallest absolute Gasteiger partial charge is 0.233 e. The number of carbonyl (C=O) groups is 2. The van der Waals surface area contributed by atoms with Gasteiger partial charge in [-0.15, -0.1) is 0 Å². The molecule has 1 saturated heterocycles. The number of nitrogens with zero attached hydrogens (tertiary/aromatic N) is 3. The third-order valence-corrected chi connectivity index (χ3v) is 5.26. The minimum absolute atomic E-state index is 0.0982. The molecular weight excluding hydrogens is 362 g/mol. The number of benzene rings is 1. The molecule has 8 heteroatoms. The van der Waals surface area contributed by atoms with Crippen LogP contribution in [-0.2, 0) is 16.0 Å². The van der Waals surface area contributed by atoms with Gasteiger partial charge in [0.25, 0.3) is 0 Å². The number of allylic oxidation sites excluding steroid dienone is 2. The molecule has 1 fully saturated rings. The first kappa shape index (κ1) is 18.2. The van der Waals surface area contributed by atoms with Gasteiger partial charge in [0.15, 0.2) is 11.5 Å². The number of ether oxygens (including phenoxy) is 2. The van der Waals surface area contributed by atoms with Gasteiger partial charge < -0.3 is 14.0 Å². The van der Waals surface area contributed by atoms with Crippen molar-refractivity contribution in [3.8, 4) is 22.9 Å². The third-order valence-electron chi connectivity index (χ3n) is 5.26. The van der Waals surface area contributed by atoms with Crippen LogP contribution < -0.4 is 9.47 Å². The SMILES string of the molecule is COc1ccc(-c2noc(CCN3C(=O)[C@H]4CC=CC[C@@H]4C3=O)n2)cc1OC. The van der Waals surface area contributed by atoms with Crippen molar-refractivity contribution in [3.05, 3.63) is 36.2 Å². The largest absolute Gasteiger partial charge is 0.493 e. The fourth-order valence-corrected chi connectivity index (χ4v) is 3.75. The van der Waals surface area contributed by atoms with Crippen LogP contribution >= 0.6 is 0 Å². The average molecular weight is 383 g/mol. The van der Waals surface area contributed by atoms with Crippen molar-refractivity contribution in [1.82, 2.24) is 15.0 Å². The summed E-state index contributed by atoms with van der Waals surface area (Å²) >= 11 is 0. The van der Waals surface area contributed by atoms with E-state index in [-0.39, 0.29) is 30.2 Å². The molecule has 2 aliphatic rings. The van der Waals surface area contributed by atoms with Crippen LogP contribution in [0.1, 0.15) is 18.7 Å². The number of hydrogen-bond acceptors (Lipinski definition) is 7. The lowest BCUT2D eigenvalue weighted by Crippen LogP contribution is -2.33. The van der Waals surface area contributed by atoms with Crippen molar-refractivity contribution in [2.24, 2.45) is 11.8 Å². The molecule has 146 valence electrons. The normalized spacial score (nSPS) is 21.1. The summed E-state index contributed by atoms with van der Waals surface area (Å²) in [7, 11) is 3.12. The number of aromatic nitrogens is 2. The second-order valence-electron chi connectivity index (χ2n) is 6.82. The standard InChI is InChI=1S/C20H21N3O5/c1-26-15-8-7-12(11-16(15)27-2)18-21-17(28-22-18)9-10-23-19(24)13-5-3-4-6-14(13)20(23)25/h3-4,7-8,11,13-14H,5-6,9-10H2,1-2H3/t13-,14-/m0/s1. The molecule has 1 aliphatic carbocycles. The minimum atomic E-state index is -0.220. The number of rotatable bonds is 6. The van der Waals surface area contributed by atoms with Crippen LogP contribution in [0.15, 0.2) is 34.9 Å². The molecule has 2 amide bonds. The summed E-state index contributed by atoms with van der Waals surface area (Å²) in [6.07, 6.45) is 5.54.